The molecule has 18 rings (SSSR count). The molecular weight excluding hydrogens is 1530 g/mol. The zero-order valence-electron chi connectivity index (χ0n) is 62.9. The molecule has 117 heavy (non-hydrogen) atoms. The van der Waals surface area contributed by atoms with Crippen LogP contribution in [0.5, 0.6) is 0 Å². The van der Waals surface area contributed by atoms with Crippen LogP contribution in [0.4, 0.5) is 40.7 Å². The van der Waals surface area contributed by atoms with Crippen molar-refractivity contribution in [3.8, 4) is 0 Å². The maximum absolute atomic E-state index is 14.6. The van der Waals surface area contributed by atoms with Gasteiger partial charge in [-0.3, -0.25) is 43.6 Å². The summed E-state index contributed by atoms with van der Waals surface area (Å²) in [6, 6.07) is 32.3. The van der Waals surface area contributed by atoms with E-state index in [1.54, 1.807) is 120 Å². The van der Waals surface area contributed by atoms with Gasteiger partial charge in [-0.15, -0.1) is 0 Å². The fourth-order valence-electron chi connectivity index (χ4n) is 17.6. The fraction of sp³-hybridized carbons (Fsp3) is 0.357. The van der Waals surface area contributed by atoms with E-state index < -0.39 is 108 Å². The number of halogens is 6. The molecule has 3 aliphatic heterocycles. The first-order chi connectivity index (χ1) is 56.8. The van der Waals surface area contributed by atoms with Crippen molar-refractivity contribution in [2.24, 2.45) is 0 Å². The number of nitrogens with one attached hydrogen (secondary N) is 3. The Morgan fingerprint density at radius 2 is 0.573 bits per heavy atom. The Morgan fingerprint density at radius 1 is 0.325 bits per heavy atom. The van der Waals surface area contributed by atoms with Gasteiger partial charge in [-0.2, -0.15) is 0 Å². The number of H-pyrrole nitrogens is 3. The fourth-order valence-corrected chi connectivity index (χ4v) is 17.6. The van der Waals surface area contributed by atoms with Gasteiger partial charge in [-0.05, 0) is 167 Å². The molecule has 3 aliphatic carbocycles. The lowest BCUT2D eigenvalue weighted by atomic mass is 9.87. The predicted molar refractivity (Wildman–Crippen MR) is 411 cm³/mol. The summed E-state index contributed by atoms with van der Waals surface area (Å²) in [7, 11) is 0. The number of aliphatic hydroxyl groups is 3. The highest BCUT2D eigenvalue weighted by molar-refractivity contribution is 5.73. The van der Waals surface area contributed by atoms with Crippen LogP contribution in [-0.2, 0) is 14.2 Å². The number of pyridine rings is 6. The molecule has 12 aromatic rings. The molecule has 6 N–H and O–H groups in total. The maximum Gasteiger partial charge on any atom is 0.410 e. The van der Waals surface area contributed by atoms with Gasteiger partial charge in [0.1, 0.15) is 18.3 Å². The van der Waals surface area contributed by atoms with Crippen molar-refractivity contribution in [2.75, 3.05) is 39.3 Å². The molecule has 27 nitrogen and oxygen atoms in total. The molecule has 9 aromatic heterocycles. The quantitative estimate of drug-likeness (QED) is 0.0444. The molecule has 12 heterocycles. The Labute approximate surface area is 662 Å². The number of aliphatic hydroxyl groups excluding tert-OH is 3. The zero-order valence-corrected chi connectivity index (χ0v) is 62.9. The summed E-state index contributed by atoms with van der Waals surface area (Å²) in [5.41, 5.74) is 5.82. The number of hydrogen-bond donors (Lipinski definition) is 6. The molecule has 33 heteroatoms. The van der Waals surface area contributed by atoms with E-state index in [1.807, 2.05) is 18.2 Å². The number of benzene rings is 3. The molecule has 9 atom stereocenters. The van der Waals surface area contributed by atoms with Crippen LogP contribution in [0, 0.1) is 34.9 Å². The van der Waals surface area contributed by atoms with E-state index in [4.69, 9.17) is 14.2 Å². The standard InChI is InChI=1S/3C28H27F2N5O4/c3*29-20-6-1-4-17(23(20)30)18-8-9-22(24-19(25(18)36)5-2-12-31-24)39-28(38)34-14-10-16(11-15-34)35-21-7-3-13-32-26(21)33-27(35)37/h3*1-7,12-13,16,18,22,25,36H,8-11,14-15H2,(H,32,33,37)/t18-,22+,25+;18-,22+,25-;18-,22-,25+/m001/s1. The van der Waals surface area contributed by atoms with Gasteiger partial charge < -0.3 is 44.2 Å². The Morgan fingerprint density at radius 3 is 0.846 bits per heavy atom. The molecule has 3 amide bonds. The largest absolute Gasteiger partial charge is 0.440 e. The first kappa shape index (κ1) is 78.5. The minimum Gasteiger partial charge on any atom is -0.440 e. The summed E-state index contributed by atoms with van der Waals surface area (Å²) >= 11 is 0. The van der Waals surface area contributed by atoms with Crippen molar-refractivity contribution >= 4 is 51.8 Å². The topological polar surface area (TPSA) is 340 Å². The monoisotopic (exact) mass is 1610 g/mol. The van der Waals surface area contributed by atoms with Gasteiger partial charge >= 0.3 is 35.3 Å². The number of ether oxygens (including phenoxy) is 3. The number of amides is 3. The Bertz CT molecular complexity index is 5300. The van der Waals surface area contributed by atoms with E-state index in [0.29, 0.717) is 129 Å². The smallest absolute Gasteiger partial charge is 0.410 e. The van der Waals surface area contributed by atoms with Crippen molar-refractivity contribution in [1.29, 1.82) is 0 Å². The molecule has 0 spiro atoms. The number of aromatic amines is 3. The van der Waals surface area contributed by atoms with Gasteiger partial charge in [0.25, 0.3) is 0 Å². The van der Waals surface area contributed by atoms with Crippen molar-refractivity contribution in [3.05, 3.63) is 281 Å². The van der Waals surface area contributed by atoms with Crippen LogP contribution in [0.25, 0.3) is 33.5 Å². The third kappa shape index (κ3) is 15.8. The summed E-state index contributed by atoms with van der Waals surface area (Å²) in [5.74, 6) is -8.10. The highest BCUT2D eigenvalue weighted by Crippen LogP contribution is 2.49. The van der Waals surface area contributed by atoms with Crippen LogP contribution < -0.4 is 17.1 Å². The molecule has 3 saturated heterocycles. The molecule has 606 valence electrons. The number of likely N-dealkylation sites (tertiary alicyclic amines) is 3. The number of carbonyl (C=O) groups is 3. The second kappa shape index (κ2) is 33.8. The molecule has 0 unspecified atom stereocenters. The van der Waals surface area contributed by atoms with Crippen LogP contribution in [0.1, 0.15) is 200 Å². The Balaban J connectivity index is 0.000000131. The molecule has 0 bridgehead atoms. The van der Waals surface area contributed by atoms with Crippen LogP contribution in [0.2, 0.25) is 0 Å². The van der Waals surface area contributed by atoms with Gasteiger partial charge in [0, 0.05) is 129 Å². The van der Waals surface area contributed by atoms with Crippen molar-refractivity contribution in [1.82, 2.24) is 73.3 Å². The molecular formula is C84H81F6N15O12. The molecule has 3 fully saturated rings. The number of nitrogens with zero attached hydrogens (tertiary/aromatic N) is 12. The Hall–Kier alpha value is -12.4. The minimum absolute atomic E-state index is 0.0778. The number of imidazole rings is 3. The molecule has 3 aromatic carbocycles. The maximum atomic E-state index is 14.6. The van der Waals surface area contributed by atoms with Gasteiger partial charge in [-0.25, -0.2) is 70.1 Å². The van der Waals surface area contributed by atoms with E-state index >= 15 is 0 Å². The number of rotatable bonds is 9. The first-order valence-corrected chi connectivity index (χ1v) is 39.0. The summed E-state index contributed by atoms with van der Waals surface area (Å²) in [6.07, 6.45) is 7.25. The molecule has 0 saturated carbocycles. The number of hydrogen-bond acceptors (Lipinski definition) is 18. The van der Waals surface area contributed by atoms with Crippen molar-refractivity contribution < 1.29 is 70.3 Å². The van der Waals surface area contributed by atoms with E-state index in [1.165, 1.54) is 36.4 Å². The lowest BCUT2D eigenvalue weighted by Gasteiger charge is -2.33. The number of carbonyl (C=O) groups excluding carboxylic acids is 3. The van der Waals surface area contributed by atoms with Crippen LogP contribution in [0.15, 0.2) is 179 Å². The van der Waals surface area contributed by atoms with Crippen LogP contribution >= 0.6 is 0 Å². The lowest BCUT2D eigenvalue weighted by Crippen LogP contribution is -2.41. The average molecular weight is 1610 g/mol. The van der Waals surface area contributed by atoms with E-state index in [2.05, 4.69) is 44.9 Å². The highest BCUT2D eigenvalue weighted by atomic mass is 19.2. The molecule has 0 radical (unpaired) electrons. The number of aromatic nitrogens is 12. The van der Waals surface area contributed by atoms with Crippen molar-refractivity contribution in [3.63, 3.8) is 0 Å². The molecule has 6 aliphatic rings. The predicted octanol–water partition coefficient (Wildman–Crippen LogP) is 13.6. The summed E-state index contributed by atoms with van der Waals surface area (Å²) in [5, 5.41) is 33.5. The Kier molecular flexibility index (Phi) is 22.7. The second-order valence-electron chi connectivity index (χ2n) is 30.0. The van der Waals surface area contributed by atoms with Crippen LogP contribution in [0.3, 0.4) is 0 Å². The lowest BCUT2D eigenvalue weighted by molar-refractivity contribution is 0.0464. The SMILES string of the molecule is O=C(O[C@@H]1CC[C@@H](c2cccc(F)c2F)[C@@H](O)c2cccnc21)N1CCC(n2c(=O)[nH]c3ncccc32)CC1.O=C(O[C@@H]1CC[C@@H](c2cccc(F)c2F)[C@H](O)c2cccnc21)N1CCC(n2c(=O)[nH]c3ncccc32)CC1.O=C(O[C@@H]1CC[C@H](c2cccc(F)c2F)[C@H](O)c2cccnc21)N1CCC(n2c(=O)[nH]c3ncccc32)CC1. The first-order valence-electron chi connectivity index (χ1n) is 39.0. The third-order valence-corrected chi connectivity index (χ3v) is 23.5. The highest BCUT2D eigenvalue weighted by Gasteiger charge is 2.42. The van der Waals surface area contributed by atoms with Gasteiger partial charge in [0.15, 0.2) is 51.8 Å². The number of piperidine rings is 3. The van der Waals surface area contributed by atoms with Gasteiger partial charge in [0.05, 0.1) is 51.9 Å². The van der Waals surface area contributed by atoms with E-state index in [0.717, 1.165) is 34.7 Å². The normalized spacial score (nSPS) is 21.9. The second-order valence-corrected chi connectivity index (χ2v) is 30.0. The van der Waals surface area contributed by atoms with E-state index in [-0.39, 0.29) is 90.4 Å². The van der Waals surface area contributed by atoms with Crippen molar-refractivity contribution in [2.45, 2.75) is 150 Å². The van der Waals surface area contributed by atoms with E-state index in [9.17, 15) is 70.4 Å². The zero-order chi connectivity index (χ0) is 81.3. The van der Waals surface area contributed by atoms with Crippen LogP contribution in [-0.4, -0.2) is 146 Å². The summed E-state index contributed by atoms with van der Waals surface area (Å²) in [6.45, 7) is 2.36. The summed E-state index contributed by atoms with van der Waals surface area (Å²) in [4.78, 5) is 116. The number of fused-ring (bicyclic) bond motifs is 6. The van der Waals surface area contributed by atoms with Gasteiger partial charge in [-0.1, -0.05) is 54.6 Å². The summed E-state index contributed by atoms with van der Waals surface area (Å²) < 4.78 is 109. The average Bonchev–Trinajstić information content (AvgIpc) is 1.66. The minimum atomic E-state index is -1.14. The third-order valence-electron chi connectivity index (χ3n) is 23.5. The van der Waals surface area contributed by atoms with Gasteiger partial charge in [0.2, 0.25) is 0 Å².